The number of nitrogens with zero attached hydrogens (tertiary/aromatic N) is 6. The third-order valence-electron chi connectivity index (χ3n) is 10.5. The minimum atomic E-state index is -0.459. The minimum absolute atomic E-state index is 0.0261. The maximum absolute atomic E-state index is 13.1. The van der Waals surface area contributed by atoms with E-state index in [4.69, 9.17) is 19.4 Å². The molecule has 2 aromatic heterocycles. The monoisotopic (exact) mass is 825 g/mol. The average molecular weight is 827 g/mol. The fourth-order valence-corrected chi connectivity index (χ4v) is 7.85. The Hall–Kier alpha value is -5.28. The number of piperazine rings is 1. The number of piperidine rings is 1. The highest BCUT2D eigenvalue weighted by Crippen LogP contribution is 2.36. The lowest BCUT2D eigenvalue weighted by molar-refractivity contribution is -0.134. The summed E-state index contributed by atoms with van der Waals surface area (Å²) in [4.78, 5) is 50.9. The van der Waals surface area contributed by atoms with Crippen LogP contribution in [0.15, 0.2) is 59.1 Å². The first kappa shape index (κ1) is 39.0. The molecule has 294 valence electrons. The van der Waals surface area contributed by atoms with Crippen molar-refractivity contribution in [1.29, 1.82) is 0 Å². The summed E-state index contributed by atoms with van der Waals surface area (Å²) in [6.45, 7) is 8.67. The summed E-state index contributed by atoms with van der Waals surface area (Å²) < 4.78 is 14.7. The van der Waals surface area contributed by atoms with E-state index in [1.54, 1.807) is 11.8 Å². The molecule has 2 aliphatic heterocycles. The van der Waals surface area contributed by atoms with Crippen molar-refractivity contribution in [2.45, 2.75) is 51.5 Å². The van der Waals surface area contributed by atoms with Crippen LogP contribution >= 0.6 is 15.9 Å². The summed E-state index contributed by atoms with van der Waals surface area (Å²) in [5, 5.41) is 15.6. The second-order valence-corrected chi connectivity index (χ2v) is 15.4. The third-order valence-corrected chi connectivity index (χ3v) is 11.0. The van der Waals surface area contributed by atoms with E-state index >= 15 is 0 Å². The first-order valence-corrected chi connectivity index (χ1v) is 19.9. The molecule has 14 nitrogen and oxygen atoms in total. The summed E-state index contributed by atoms with van der Waals surface area (Å²) in [6, 6.07) is 17.9. The number of halogens is 1. The molecular weight excluding hydrogens is 778 g/mol. The molecule has 0 bridgehead atoms. The fraction of sp³-hybridized carbons (Fsp3) is 0.415. The molecule has 0 radical (unpaired) electrons. The third kappa shape index (κ3) is 8.89. The lowest BCUT2D eigenvalue weighted by Gasteiger charge is -2.34. The normalized spacial score (nSPS) is 16.9. The van der Waals surface area contributed by atoms with Crippen LogP contribution in [-0.2, 0) is 21.4 Å². The molecule has 2 atom stereocenters. The molecule has 4 heterocycles. The number of nitrogens with one attached hydrogen (secondary N) is 3. The second kappa shape index (κ2) is 17.2. The fourth-order valence-electron chi connectivity index (χ4n) is 7.44. The van der Waals surface area contributed by atoms with Gasteiger partial charge in [-0.15, -0.1) is 0 Å². The highest BCUT2D eigenvalue weighted by molar-refractivity contribution is 9.10. The molecule has 1 unspecified atom stereocenters. The van der Waals surface area contributed by atoms with Crippen molar-refractivity contribution in [2.75, 3.05) is 63.6 Å². The molecule has 3 aromatic carbocycles. The number of aryl methyl sites for hydroxylation is 2. The lowest BCUT2D eigenvalue weighted by atomic mass is 9.93. The Balaban J connectivity index is 0.853. The molecule has 56 heavy (non-hydrogen) atoms. The standard InChI is InChI=1S/C41H48BrN9O5/c1-25(27-8-7-9-28(42)20-27)44-40-32-22-35(55-4)36(23-33(32)45-26(2)46-40)56-19-6-5-14-50-15-17-51(18-16-50)38(53)24-43-29-10-11-30-34(21-29)49(3)48-39(30)31-12-13-37(52)47-41(31)54/h7-11,20-23,25,31,43H,5-6,12-19,24H2,1-4H3,(H,44,45,46)(H,47,52,54)/t25-,31?/m1/s1. The zero-order valence-electron chi connectivity index (χ0n) is 32.2. The maximum atomic E-state index is 13.1. The van der Waals surface area contributed by atoms with E-state index in [1.807, 2.05) is 61.3 Å². The van der Waals surface area contributed by atoms with Gasteiger partial charge in [-0.25, -0.2) is 9.97 Å². The number of amides is 3. The molecule has 5 aromatic rings. The highest BCUT2D eigenvalue weighted by atomic mass is 79.9. The molecule has 2 saturated heterocycles. The van der Waals surface area contributed by atoms with Crippen LogP contribution in [0.4, 0.5) is 11.5 Å². The van der Waals surface area contributed by atoms with Gasteiger partial charge in [0.2, 0.25) is 17.7 Å². The lowest BCUT2D eigenvalue weighted by Crippen LogP contribution is -2.50. The summed E-state index contributed by atoms with van der Waals surface area (Å²) in [5.41, 5.74) is 4.25. The van der Waals surface area contributed by atoms with Gasteiger partial charge in [-0.05, 0) is 81.6 Å². The zero-order valence-corrected chi connectivity index (χ0v) is 33.8. The number of benzene rings is 3. The van der Waals surface area contributed by atoms with Crippen molar-refractivity contribution in [3.05, 3.63) is 76.2 Å². The number of aromatic nitrogens is 4. The number of rotatable bonds is 14. The van der Waals surface area contributed by atoms with Crippen LogP contribution in [0.5, 0.6) is 11.5 Å². The summed E-state index contributed by atoms with van der Waals surface area (Å²) in [5.74, 6) is 1.74. The summed E-state index contributed by atoms with van der Waals surface area (Å²) in [7, 11) is 3.47. The van der Waals surface area contributed by atoms with Gasteiger partial charge in [0.15, 0.2) is 11.5 Å². The van der Waals surface area contributed by atoms with Gasteiger partial charge in [0, 0.05) is 66.6 Å². The molecular formula is C41H48BrN9O5. The Morgan fingerprint density at radius 1 is 1.02 bits per heavy atom. The Morgan fingerprint density at radius 2 is 1.84 bits per heavy atom. The molecule has 3 N–H and O–H groups in total. The van der Waals surface area contributed by atoms with Crippen molar-refractivity contribution < 1.29 is 23.9 Å². The summed E-state index contributed by atoms with van der Waals surface area (Å²) >= 11 is 3.56. The molecule has 15 heteroatoms. The number of methoxy groups -OCH3 is 1. The van der Waals surface area contributed by atoms with Crippen LogP contribution in [0.1, 0.15) is 61.6 Å². The predicted molar refractivity (Wildman–Crippen MR) is 219 cm³/mol. The van der Waals surface area contributed by atoms with Crippen LogP contribution in [0.3, 0.4) is 0 Å². The van der Waals surface area contributed by atoms with Gasteiger partial charge < -0.3 is 25.0 Å². The number of carbonyl (C=O) groups is 3. The minimum Gasteiger partial charge on any atom is -0.493 e. The van der Waals surface area contributed by atoms with Crippen LogP contribution in [0.25, 0.3) is 21.8 Å². The molecule has 2 aliphatic rings. The summed E-state index contributed by atoms with van der Waals surface area (Å²) in [6.07, 6.45) is 2.59. The van der Waals surface area contributed by atoms with E-state index in [1.165, 1.54) is 0 Å². The Labute approximate surface area is 334 Å². The molecule has 0 spiro atoms. The number of hydrogen-bond donors (Lipinski definition) is 3. The largest absolute Gasteiger partial charge is 0.493 e. The van der Waals surface area contributed by atoms with E-state index in [2.05, 4.69) is 60.9 Å². The Kier molecular flexibility index (Phi) is 12.0. The predicted octanol–water partition coefficient (Wildman–Crippen LogP) is 5.70. The van der Waals surface area contributed by atoms with Crippen molar-refractivity contribution in [3.63, 3.8) is 0 Å². The van der Waals surface area contributed by atoms with E-state index in [0.717, 1.165) is 75.8 Å². The van der Waals surface area contributed by atoms with Crippen LogP contribution in [-0.4, -0.2) is 100 Å². The zero-order chi connectivity index (χ0) is 39.3. The quantitative estimate of drug-likeness (QED) is 0.0933. The number of ether oxygens (including phenoxy) is 2. The molecule has 2 fully saturated rings. The van der Waals surface area contributed by atoms with Crippen molar-refractivity contribution >= 4 is 67.0 Å². The van der Waals surface area contributed by atoms with Gasteiger partial charge >= 0.3 is 0 Å². The smallest absolute Gasteiger partial charge is 0.241 e. The topological polar surface area (TPSA) is 156 Å². The Morgan fingerprint density at radius 3 is 2.61 bits per heavy atom. The van der Waals surface area contributed by atoms with Crippen LogP contribution in [0.2, 0.25) is 0 Å². The van der Waals surface area contributed by atoms with Gasteiger partial charge in [-0.3, -0.25) is 29.3 Å². The Bertz CT molecular complexity index is 2250. The van der Waals surface area contributed by atoms with Crippen molar-refractivity contribution in [3.8, 4) is 11.5 Å². The van der Waals surface area contributed by atoms with Gasteiger partial charge in [0.25, 0.3) is 0 Å². The number of hydrogen-bond acceptors (Lipinski definition) is 11. The molecule has 7 rings (SSSR count). The number of carbonyl (C=O) groups excluding carboxylic acids is 3. The van der Waals surface area contributed by atoms with E-state index in [0.29, 0.717) is 55.6 Å². The van der Waals surface area contributed by atoms with E-state index in [9.17, 15) is 14.4 Å². The number of anilines is 2. The van der Waals surface area contributed by atoms with E-state index in [-0.39, 0.29) is 30.3 Å². The number of fused-ring (bicyclic) bond motifs is 2. The van der Waals surface area contributed by atoms with Crippen molar-refractivity contribution in [2.24, 2.45) is 7.05 Å². The van der Waals surface area contributed by atoms with Gasteiger partial charge in [-0.2, -0.15) is 5.10 Å². The first-order valence-electron chi connectivity index (χ1n) is 19.1. The SMILES string of the molecule is COc1cc2c(N[C@H](C)c3cccc(Br)c3)nc(C)nc2cc1OCCCCN1CCN(C(=O)CNc2ccc3c(C4CCC(=O)NC4=O)nn(C)c3c2)CC1. The van der Waals surface area contributed by atoms with E-state index < -0.39 is 5.92 Å². The number of unbranched alkanes of at least 4 members (excludes halogenated alkanes) is 1. The van der Waals surface area contributed by atoms with Gasteiger partial charge in [0.1, 0.15) is 11.6 Å². The molecule has 0 aliphatic carbocycles. The average Bonchev–Trinajstić information content (AvgIpc) is 3.51. The van der Waals surface area contributed by atoms with Crippen molar-refractivity contribution in [1.82, 2.24) is 34.9 Å². The van der Waals surface area contributed by atoms with Gasteiger partial charge in [0.05, 0.1) is 48.9 Å². The van der Waals surface area contributed by atoms with Gasteiger partial charge in [-0.1, -0.05) is 28.1 Å². The van der Waals surface area contributed by atoms with Crippen LogP contribution < -0.4 is 25.4 Å². The molecule has 3 amide bonds. The van der Waals surface area contributed by atoms with Crippen LogP contribution in [0, 0.1) is 6.92 Å². The first-order chi connectivity index (χ1) is 27.1. The second-order valence-electron chi connectivity index (χ2n) is 14.4. The highest BCUT2D eigenvalue weighted by Gasteiger charge is 2.31. The molecule has 0 saturated carbocycles. The maximum Gasteiger partial charge on any atom is 0.241 e. The number of imide groups is 1.